The second-order valence-corrected chi connectivity index (χ2v) is 9.80. The first-order chi connectivity index (χ1) is 15.3. The fourth-order valence-electron chi connectivity index (χ4n) is 5.35. The van der Waals surface area contributed by atoms with E-state index in [-0.39, 0.29) is 23.1 Å². The van der Waals surface area contributed by atoms with Gasteiger partial charge >= 0.3 is 0 Å². The molecule has 2 aromatic carbocycles. The first-order valence-electron chi connectivity index (χ1n) is 11.3. The predicted octanol–water partition coefficient (Wildman–Crippen LogP) is 5.19. The molecule has 2 aromatic rings. The van der Waals surface area contributed by atoms with Gasteiger partial charge < -0.3 is 9.80 Å². The van der Waals surface area contributed by atoms with Gasteiger partial charge in [0.1, 0.15) is 0 Å². The molecule has 1 saturated heterocycles. The molecule has 0 radical (unpaired) electrons. The molecule has 4 nitrogen and oxygen atoms in total. The van der Waals surface area contributed by atoms with Crippen LogP contribution in [0.5, 0.6) is 0 Å². The number of carbonyl (C=O) groups excluding carboxylic acids is 2. The van der Waals surface area contributed by atoms with Crippen molar-refractivity contribution in [3.05, 3.63) is 75.8 Å². The maximum Gasteiger partial charge on any atom is 0.246 e. The van der Waals surface area contributed by atoms with Crippen LogP contribution in [0.3, 0.4) is 0 Å². The molecular weight excluding hydrogens is 420 g/mol. The lowest BCUT2D eigenvalue weighted by Gasteiger charge is -2.40. The number of hydrogen-bond donors (Lipinski definition) is 0. The van der Waals surface area contributed by atoms with Crippen LogP contribution in [0.1, 0.15) is 53.9 Å². The smallest absolute Gasteiger partial charge is 0.246 e. The molecule has 5 heteroatoms. The van der Waals surface area contributed by atoms with Crippen molar-refractivity contribution in [1.29, 1.82) is 0 Å². The van der Waals surface area contributed by atoms with Gasteiger partial charge in [-0.15, -0.1) is 0 Å². The number of piperidine rings is 1. The van der Waals surface area contributed by atoms with Crippen molar-refractivity contribution in [2.45, 2.75) is 43.9 Å². The van der Waals surface area contributed by atoms with Crippen molar-refractivity contribution in [3.8, 4) is 0 Å². The predicted molar refractivity (Wildman–Crippen MR) is 130 cm³/mol. The highest BCUT2D eigenvalue weighted by atomic mass is 35.5. The number of nitrogens with zero attached hydrogens (tertiary/aromatic N) is 2. The van der Waals surface area contributed by atoms with Gasteiger partial charge in [-0.3, -0.25) is 9.59 Å². The molecule has 1 heterocycles. The topological polar surface area (TPSA) is 40.6 Å². The summed E-state index contributed by atoms with van der Waals surface area (Å²) in [6.45, 7) is 3.46. The minimum Gasteiger partial charge on any atom is -0.349 e. The zero-order chi connectivity index (χ0) is 22.9. The number of likely N-dealkylation sites (tertiary alicyclic amines) is 1. The molecule has 1 aliphatic heterocycles. The summed E-state index contributed by atoms with van der Waals surface area (Å²) in [4.78, 5) is 28.9. The minimum absolute atomic E-state index is 0.0541. The molecule has 0 bridgehead atoms. The van der Waals surface area contributed by atoms with Gasteiger partial charge in [0.15, 0.2) is 0 Å². The molecule has 1 atom stereocenters. The molecule has 1 aliphatic carbocycles. The fourth-order valence-corrected chi connectivity index (χ4v) is 5.73. The second kappa shape index (κ2) is 9.11. The highest BCUT2D eigenvalue weighted by molar-refractivity contribution is 6.31. The lowest BCUT2D eigenvalue weighted by atomic mass is 9.73. The van der Waals surface area contributed by atoms with Gasteiger partial charge in [0.25, 0.3) is 0 Å². The van der Waals surface area contributed by atoms with E-state index >= 15 is 0 Å². The fraction of sp³-hybridized carbons (Fsp3) is 0.407. The summed E-state index contributed by atoms with van der Waals surface area (Å²) in [7, 11) is 3.61. The number of carbonyl (C=O) groups is 2. The van der Waals surface area contributed by atoms with Gasteiger partial charge in [0.2, 0.25) is 11.8 Å². The average Bonchev–Trinajstić information content (AvgIpc) is 3.07. The summed E-state index contributed by atoms with van der Waals surface area (Å²) in [5.41, 5.74) is 4.60. The van der Waals surface area contributed by atoms with E-state index in [1.54, 1.807) is 25.1 Å². The highest BCUT2D eigenvalue weighted by Gasteiger charge is 2.47. The van der Waals surface area contributed by atoms with Gasteiger partial charge in [-0.1, -0.05) is 48.0 Å². The van der Waals surface area contributed by atoms with Crippen LogP contribution in [0, 0.1) is 6.92 Å². The summed E-state index contributed by atoms with van der Waals surface area (Å²) in [5.74, 6) is 0.383. The zero-order valence-electron chi connectivity index (χ0n) is 19.1. The zero-order valence-corrected chi connectivity index (χ0v) is 19.9. The maximum atomic E-state index is 12.8. The van der Waals surface area contributed by atoms with Crippen LogP contribution in [0.15, 0.2) is 48.5 Å². The van der Waals surface area contributed by atoms with Gasteiger partial charge in [0.05, 0.1) is 0 Å². The number of aryl methyl sites for hydroxylation is 1. The summed E-state index contributed by atoms with van der Waals surface area (Å²) < 4.78 is 0. The van der Waals surface area contributed by atoms with E-state index in [4.69, 9.17) is 11.6 Å². The van der Waals surface area contributed by atoms with E-state index in [2.05, 4.69) is 6.07 Å². The van der Waals surface area contributed by atoms with E-state index in [0.29, 0.717) is 19.5 Å². The molecule has 32 heavy (non-hydrogen) atoms. The van der Waals surface area contributed by atoms with Crippen LogP contribution in [0.4, 0.5) is 0 Å². The standard InChI is InChI=1S/C27H31ClN2O2/c1-19-7-4-5-8-20(19)11-12-24(31)30-15-13-27(14-16-30)18-21(17-25(32)29(2)3)22-9-6-10-23(28)26(22)27/h4-12,21H,13-18H2,1-3H3/b12-11+. The first kappa shape index (κ1) is 22.6. The van der Waals surface area contributed by atoms with Crippen molar-refractivity contribution in [1.82, 2.24) is 9.80 Å². The van der Waals surface area contributed by atoms with Gasteiger partial charge in [-0.2, -0.15) is 0 Å². The third-order valence-electron chi connectivity index (χ3n) is 7.20. The van der Waals surface area contributed by atoms with Crippen molar-refractivity contribution in [2.24, 2.45) is 0 Å². The van der Waals surface area contributed by atoms with Crippen LogP contribution < -0.4 is 0 Å². The van der Waals surface area contributed by atoms with Crippen molar-refractivity contribution >= 4 is 29.5 Å². The molecule has 0 N–H and O–H groups in total. The molecule has 1 unspecified atom stereocenters. The summed E-state index contributed by atoms with van der Waals surface area (Å²) in [6.07, 6.45) is 6.78. The summed E-state index contributed by atoms with van der Waals surface area (Å²) in [6, 6.07) is 14.1. The minimum atomic E-state index is -0.0541. The third-order valence-corrected chi connectivity index (χ3v) is 7.51. The van der Waals surface area contributed by atoms with Crippen LogP contribution in [0.2, 0.25) is 5.02 Å². The van der Waals surface area contributed by atoms with Gasteiger partial charge in [0, 0.05) is 50.1 Å². The number of fused-ring (bicyclic) bond motifs is 2. The van der Waals surface area contributed by atoms with E-state index in [0.717, 1.165) is 35.4 Å². The van der Waals surface area contributed by atoms with Crippen LogP contribution in [-0.2, 0) is 15.0 Å². The number of halogens is 1. The number of benzene rings is 2. The average molecular weight is 451 g/mol. The Hall–Kier alpha value is -2.59. The Kier molecular flexibility index (Phi) is 6.43. The Bertz CT molecular complexity index is 1050. The Balaban J connectivity index is 1.49. The molecule has 2 amide bonds. The Morgan fingerprint density at radius 1 is 1.12 bits per heavy atom. The Labute approximate surface area is 195 Å². The molecule has 1 fully saturated rings. The summed E-state index contributed by atoms with van der Waals surface area (Å²) >= 11 is 6.70. The Morgan fingerprint density at radius 3 is 2.53 bits per heavy atom. The van der Waals surface area contributed by atoms with Crippen LogP contribution in [-0.4, -0.2) is 48.8 Å². The molecule has 2 aliphatic rings. The molecule has 4 rings (SSSR count). The van der Waals surface area contributed by atoms with E-state index < -0.39 is 0 Å². The lowest BCUT2D eigenvalue weighted by Crippen LogP contribution is -2.44. The quantitative estimate of drug-likeness (QED) is 0.601. The largest absolute Gasteiger partial charge is 0.349 e. The maximum absolute atomic E-state index is 12.8. The molecular formula is C27H31ClN2O2. The molecule has 0 saturated carbocycles. The third kappa shape index (κ3) is 4.33. The van der Waals surface area contributed by atoms with Crippen LogP contribution >= 0.6 is 11.6 Å². The van der Waals surface area contributed by atoms with Gasteiger partial charge in [-0.05, 0) is 66.5 Å². The van der Waals surface area contributed by atoms with E-state index in [1.807, 2.05) is 54.3 Å². The number of rotatable bonds is 4. The Morgan fingerprint density at radius 2 is 1.84 bits per heavy atom. The monoisotopic (exact) mass is 450 g/mol. The van der Waals surface area contributed by atoms with Crippen LogP contribution in [0.25, 0.3) is 6.08 Å². The van der Waals surface area contributed by atoms with Gasteiger partial charge in [-0.25, -0.2) is 0 Å². The lowest BCUT2D eigenvalue weighted by molar-refractivity contribution is -0.129. The van der Waals surface area contributed by atoms with E-state index in [1.165, 1.54) is 11.1 Å². The molecule has 1 spiro atoms. The SMILES string of the molecule is Cc1ccccc1/C=C/C(=O)N1CCC2(CC1)CC(CC(=O)N(C)C)c1cccc(Cl)c12. The number of hydrogen-bond acceptors (Lipinski definition) is 2. The second-order valence-electron chi connectivity index (χ2n) is 9.39. The molecule has 0 aromatic heterocycles. The van der Waals surface area contributed by atoms with Crippen molar-refractivity contribution in [2.75, 3.05) is 27.2 Å². The summed E-state index contributed by atoms with van der Waals surface area (Å²) in [5, 5.41) is 0.793. The van der Waals surface area contributed by atoms with Crippen molar-refractivity contribution in [3.63, 3.8) is 0 Å². The number of amides is 2. The molecule has 168 valence electrons. The van der Waals surface area contributed by atoms with E-state index in [9.17, 15) is 9.59 Å². The highest BCUT2D eigenvalue weighted by Crippen LogP contribution is 2.55. The first-order valence-corrected chi connectivity index (χ1v) is 11.7. The normalized spacial score (nSPS) is 19.4. The van der Waals surface area contributed by atoms with Crippen molar-refractivity contribution < 1.29 is 9.59 Å².